The summed E-state index contributed by atoms with van der Waals surface area (Å²) in [4.78, 5) is 67.3. The number of aliphatic carboxylic acids is 1. The lowest BCUT2D eigenvalue weighted by Crippen LogP contribution is -2.59. The number of rotatable bonds is 25. The SMILES string of the molecule is CC[C@H](C)C(C(CC(=O)NCC1(CCC(OC)[C@@H](C)C(=O)N[C@@H](Cc2ccccc2F)C(=O)O)CC1)OC)N(C)C(=O)[C@@H](NC(=O)[C@@H](NC)C(C)C)C(C)C. The number of halogens is 1. The van der Waals surface area contributed by atoms with E-state index in [1.165, 1.54) is 32.4 Å². The lowest BCUT2D eigenvalue weighted by molar-refractivity contribution is -0.144. The third kappa shape index (κ3) is 13.8. The van der Waals surface area contributed by atoms with Crippen LogP contribution >= 0.6 is 0 Å². The van der Waals surface area contributed by atoms with Crippen molar-refractivity contribution in [2.45, 2.75) is 130 Å². The van der Waals surface area contributed by atoms with E-state index in [1.54, 1.807) is 32.0 Å². The third-order valence-corrected chi connectivity index (χ3v) is 11.4. The molecule has 0 radical (unpaired) electrons. The Bertz CT molecular complexity index is 1420. The van der Waals surface area contributed by atoms with E-state index in [0.29, 0.717) is 19.4 Å². The van der Waals surface area contributed by atoms with Gasteiger partial charge in [0.25, 0.3) is 0 Å². The summed E-state index contributed by atoms with van der Waals surface area (Å²) in [6.07, 6.45) is 2.43. The van der Waals surface area contributed by atoms with Crippen LogP contribution in [0.15, 0.2) is 24.3 Å². The van der Waals surface area contributed by atoms with Crippen molar-refractivity contribution in [2.24, 2.45) is 29.1 Å². The summed E-state index contributed by atoms with van der Waals surface area (Å²) in [6, 6.07) is 2.91. The molecule has 0 saturated heterocycles. The molecular formula is C41H68FN5O8. The van der Waals surface area contributed by atoms with Gasteiger partial charge in [-0.05, 0) is 67.5 Å². The van der Waals surface area contributed by atoms with E-state index in [2.05, 4.69) is 21.3 Å². The van der Waals surface area contributed by atoms with Crippen LogP contribution in [-0.2, 0) is 39.9 Å². The fourth-order valence-electron chi connectivity index (χ4n) is 7.28. The summed E-state index contributed by atoms with van der Waals surface area (Å²) in [5.74, 6) is -3.84. The third-order valence-electron chi connectivity index (χ3n) is 11.4. The quantitative estimate of drug-likeness (QED) is 0.0986. The molecule has 1 aliphatic rings. The molecule has 0 aliphatic heterocycles. The molecule has 8 atom stereocenters. The first-order valence-corrected chi connectivity index (χ1v) is 19.7. The molecule has 1 aliphatic carbocycles. The van der Waals surface area contributed by atoms with Gasteiger partial charge in [-0.25, -0.2) is 9.18 Å². The molecule has 0 bridgehead atoms. The minimum Gasteiger partial charge on any atom is -0.480 e. The molecule has 2 rings (SSSR count). The monoisotopic (exact) mass is 778 g/mol. The van der Waals surface area contributed by atoms with Crippen molar-refractivity contribution in [3.8, 4) is 0 Å². The number of methoxy groups -OCH3 is 2. The number of carboxylic acids is 1. The number of hydrogen-bond donors (Lipinski definition) is 5. The van der Waals surface area contributed by atoms with Crippen molar-refractivity contribution in [1.82, 2.24) is 26.2 Å². The molecule has 3 unspecified atom stereocenters. The second-order valence-electron chi connectivity index (χ2n) is 16.1. The van der Waals surface area contributed by atoms with Crippen LogP contribution in [0.3, 0.4) is 0 Å². The number of carboxylic acid groups (broad SMARTS) is 1. The van der Waals surface area contributed by atoms with Gasteiger partial charge in [-0.2, -0.15) is 0 Å². The zero-order valence-electron chi connectivity index (χ0n) is 34.9. The van der Waals surface area contributed by atoms with E-state index >= 15 is 0 Å². The highest BCUT2D eigenvalue weighted by atomic mass is 19.1. The second-order valence-corrected chi connectivity index (χ2v) is 16.1. The highest BCUT2D eigenvalue weighted by molar-refractivity contribution is 5.90. The van der Waals surface area contributed by atoms with Gasteiger partial charge >= 0.3 is 5.97 Å². The molecule has 14 heteroatoms. The van der Waals surface area contributed by atoms with Gasteiger partial charge in [0.1, 0.15) is 17.9 Å². The fraction of sp³-hybridized carbons (Fsp3) is 0.732. The van der Waals surface area contributed by atoms with E-state index in [0.717, 1.165) is 19.3 Å². The van der Waals surface area contributed by atoms with E-state index < -0.39 is 60.0 Å². The number of nitrogens with one attached hydrogen (secondary N) is 4. The average Bonchev–Trinajstić information content (AvgIpc) is 3.92. The summed E-state index contributed by atoms with van der Waals surface area (Å²) >= 11 is 0. The van der Waals surface area contributed by atoms with E-state index in [1.807, 2.05) is 41.5 Å². The Balaban J connectivity index is 2.04. The smallest absolute Gasteiger partial charge is 0.326 e. The minimum atomic E-state index is -1.30. The van der Waals surface area contributed by atoms with Crippen LogP contribution in [0, 0.1) is 34.9 Å². The highest BCUT2D eigenvalue weighted by Crippen LogP contribution is 2.49. The first kappa shape index (κ1) is 47.5. The average molecular weight is 778 g/mol. The van der Waals surface area contributed by atoms with E-state index in [-0.39, 0.29) is 59.3 Å². The Kier molecular flexibility index (Phi) is 19.2. The van der Waals surface area contributed by atoms with Crippen LogP contribution < -0.4 is 21.3 Å². The van der Waals surface area contributed by atoms with Crippen molar-refractivity contribution in [3.05, 3.63) is 35.6 Å². The van der Waals surface area contributed by atoms with Crippen LogP contribution in [-0.4, -0.2) is 111 Å². The van der Waals surface area contributed by atoms with Gasteiger partial charge in [0.2, 0.25) is 23.6 Å². The topological polar surface area (TPSA) is 175 Å². The van der Waals surface area contributed by atoms with Crippen LogP contribution in [0.4, 0.5) is 4.39 Å². The predicted octanol–water partition coefficient (Wildman–Crippen LogP) is 3.93. The number of hydrogen-bond acceptors (Lipinski definition) is 8. The summed E-state index contributed by atoms with van der Waals surface area (Å²) in [5, 5.41) is 21.4. The van der Waals surface area contributed by atoms with Crippen LogP contribution in [0.1, 0.15) is 92.6 Å². The molecule has 0 spiro atoms. The van der Waals surface area contributed by atoms with Gasteiger partial charge in [-0.15, -0.1) is 0 Å². The molecule has 1 fully saturated rings. The molecule has 13 nitrogen and oxygen atoms in total. The first-order valence-electron chi connectivity index (χ1n) is 19.7. The summed E-state index contributed by atoms with van der Waals surface area (Å²) in [5.41, 5.74) is 0.0359. The number of benzene rings is 1. The number of carbonyl (C=O) groups excluding carboxylic acids is 4. The zero-order valence-corrected chi connectivity index (χ0v) is 34.9. The lowest BCUT2D eigenvalue weighted by atomic mass is 9.89. The molecule has 5 N–H and O–H groups in total. The maximum absolute atomic E-state index is 14.2. The normalized spacial score (nSPS) is 17.9. The van der Waals surface area contributed by atoms with Gasteiger partial charge in [-0.3, -0.25) is 19.2 Å². The zero-order chi connectivity index (χ0) is 41.6. The van der Waals surface area contributed by atoms with E-state index in [9.17, 15) is 33.5 Å². The summed E-state index contributed by atoms with van der Waals surface area (Å²) < 4.78 is 25.8. The van der Waals surface area contributed by atoms with E-state index in [4.69, 9.17) is 9.47 Å². The fourth-order valence-corrected chi connectivity index (χ4v) is 7.28. The highest BCUT2D eigenvalue weighted by Gasteiger charge is 2.44. The molecule has 4 amide bonds. The lowest BCUT2D eigenvalue weighted by Gasteiger charge is -2.40. The second kappa shape index (κ2) is 22.2. The van der Waals surface area contributed by atoms with Gasteiger partial charge in [0, 0.05) is 34.2 Å². The van der Waals surface area contributed by atoms with Crippen molar-refractivity contribution in [1.29, 1.82) is 0 Å². The molecule has 1 aromatic carbocycles. The van der Waals surface area contributed by atoms with Crippen molar-refractivity contribution >= 4 is 29.6 Å². The standard InChI is InChI=1S/C41H68FN5O8/c1-12-26(6)36(47(9)39(51)35(25(4)5)46-38(50)34(43-8)24(2)3)32(55-11)22-33(48)44-23-41(19-20-41)18-17-31(54-10)27(7)37(49)45-30(40(52)53)21-28-15-13-14-16-29(28)42/h13-16,24-27,30-32,34-36,43H,12,17-23H2,1-11H3,(H,44,48)(H,45,49)(H,46,50)(H,52,53)/t26-,27+,30-,31?,32?,34-,35-,36?/m0/s1. The Morgan fingerprint density at radius 2 is 1.51 bits per heavy atom. The number of carbonyl (C=O) groups is 5. The van der Waals surface area contributed by atoms with Crippen molar-refractivity contribution in [2.75, 3.05) is 34.9 Å². The molecule has 312 valence electrons. The molecule has 0 heterocycles. The number of likely N-dealkylation sites (N-methyl/N-ethyl adjacent to an activating group) is 2. The molecule has 0 aromatic heterocycles. The molecular weight excluding hydrogens is 709 g/mol. The van der Waals surface area contributed by atoms with Crippen LogP contribution in [0.5, 0.6) is 0 Å². The van der Waals surface area contributed by atoms with Crippen molar-refractivity contribution in [3.63, 3.8) is 0 Å². The minimum absolute atomic E-state index is 0.0128. The summed E-state index contributed by atoms with van der Waals surface area (Å²) in [6.45, 7) is 13.8. The van der Waals surface area contributed by atoms with Gasteiger partial charge in [0.15, 0.2) is 0 Å². The Morgan fingerprint density at radius 3 is 2.00 bits per heavy atom. The predicted molar refractivity (Wildman–Crippen MR) is 209 cm³/mol. The van der Waals surface area contributed by atoms with Crippen LogP contribution in [0.2, 0.25) is 0 Å². The first-order chi connectivity index (χ1) is 25.9. The Labute approximate surface area is 327 Å². The Morgan fingerprint density at radius 1 is 0.909 bits per heavy atom. The van der Waals surface area contributed by atoms with Gasteiger partial charge in [0.05, 0.1) is 36.6 Å². The van der Waals surface area contributed by atoms with Crippen molar-refractivity contribution < 1.29 is 42.9 Å². The molecule has 1 aromatic rings. The number of amides is 4. The number of ether oxygens (including phenoxy) is 2. The number of nitrogens with zero attached hydrogens (tertiary/aromatic N) is 1. The maximum atomic E-state index is 14.2. The maximum Gasteiger partial charge on any atom is 0.326 e. The molecule has 55 heavy (non-hydrogen) atoms. The van der Waals surface area contributed by atoms with Crippen LogP contribution in [0.25, 0.3) is 0 Å². The molecule has 1 saturated carbocycles. The van der Waals surface area contributed by atoms with Gasteiger partial charge < -0.3 is 40.7 Å². The largest absolute Gasteiger partial charge is 0.480 e. The Hall–Kier alpha value is -3.62. The van der Waals surface area contributed by atoms with Gasteiger partial charge in [-0.1, -0.05) is 73.1 Å². The summed E-state index contributed by atoms with van der Waals surface area (Å²) in [7, 11) is 6.47.